The number of hydrogen-bond acceptors (Lipinski definition) is 7. The molecule has 1 atom stereocenters. The molecule has 0 spiro atoms. The Hall–Kier alpha value is -2.45. The van der Waals surface area contributed by atoms with Crippen LogP contribution < -0.4 is 4.74 Å². The van der Waals surface area contributed by atoms with E-state index in [1.165, 1.54) is 6.26 Å². The normalized spacial score (nSPS) is 17.4. The third-order valence-corrected chi connectivity index (χ3v) is 5.51. The highest BCUT2D eigenvalue weighted by Crippen LogP contribution is 2.26. The zero-order chi connectivity index (χ0) is 18.8. The molecule has 7 nitrogen and oxygen atoms in total. The van der Waals surface area contributed by atoms with Crippen molar-refractivity contribution in [2.24, 2.45) is 0 Å². The number of aryl methyl sites for hydroxylation is 1. The zero-order valence-corrected chi connectivity index (χ0v) is 16.1. The van der Waals surface area contributed by atoms with Crippen molar-refractivity contribution in [3.63, 3.8) is 0 Å². The number of benzene rings is 1. The van der Waals surface area contributed by atoms with Crippen molar-refractivity contribution < 1.29 is 18.7 Å². The molecule has 142 valence electrons. The van der Waals surface area contributed by atoms with E-state index >= 15 is 0 Å². The van der Waals surface area contributed by atoms with Gasteiger partial charge in [-0.1, -0.05) is 6.92 Å². The van der Waals surface area contributed by atoms with Crippen molar-refractivity contribution in [3.8, 4) is 5.75 Å². The molecule has 0 radical (unpaired) electrons. The lowest BCUT2D eigenvalue weighted by molar-refractivity contribution is -0.00311. The van der Waals surface area contributed by atoms with Crippen LogP contribution in [0.5, 0.6) is 5.75 Å². The summed E-state index contributed by atoms with van der Waals surface area (Å²) in [6.45, 7) is 5.87. The van der Waals surface area contributed by atoms with Crippen molar-refractivity contribution in [2.45, 2.75) is 32.9 Å². The lowest BCUT2D eigenvalue weighted by Crippen LogP contribution is -2.48. The number of nitrogens with zero attached hydrogens (tertiary/aromatic N) is 3. The second-order valence-corrected chi connectivity index (χ2v) is 7.65. The van der Waals surface area contributed by atoms with E-state index in [1.807, 2.05) is 36.9 Å². The number of ether oxygens (including phenoxy) is 2. The Balaban J connectivity index is 1.41. The Labute approximate surface area is 160 Å². The highest BCUT2D eigenvalue weighted by atomic mass is 32.1. The lowest BCUT2D eigenvalue weighted by atomic mass is 10.1. The summed E-state index contributed by atoms with van der Waals surface area (Å²) in [6, 6.07) is 5.86. The Bertz CT molecular complexity index is 951. The molecule has 0 aliphatic carbocycles. The van der Waals surface area contributed by atoms with Gasteiger partial charge < -0.3 is 18.8 Å². The number of hydrogen-bond donors (Lipinski definition) is 0. The molecule has 0 saturated carbocycles. The highest BCUT2D eigenvalue weighted by molar-refractivity contribution is 7.18. The van der Waals surface area contributed by atoms with Gasteiger partial charge in [-0.3, -0.25) is 4.79 Å². The summed E-state index contributed by atoms with van der Waals surface area (Å²) in [5.41, 5.74) is 1.22. The maximum absolute atomic E-state index is 12.7. The smallest absolute Gasteiger partial charge is 0.276 e. The van der Waals surface area contributed by atoms with Crippen LogP contribution in [-0.4, -0.2) is 46.6 Å². The second-order valence-electron chi connectivity index (χ2n) is 6.41. The van der Waals surface area contributed by atoms with Crippen LogP contribution in [0.1, 0.15) is 34.7 Å². The molecule has 1 aliphatic rings. The Kier molecular flexibility index (Phi) is 5.09. The van der Waals surface area contributed by atoms with Gasteiger partial charge in [-0.25, -0.2) is 9.97 Å². The number of amides is 1. The molecule has 1 fully saturated rings. The zero-order valence-electron chi connectivity index (χ0n) is 15.3. The number of oxazole rings is 1. The molecule has 27 heavy (non-hydrogen) atoms. The first-order valence-electron chi connectivity index (χ1n) is 8.97. The number of rotatable bonds is 5. The van der Waals surface area contributed by atoms with Crippen LogP contribution in [0.25, 0.3) is 10.2 Å². The number of carbonyl (C=O) groups is 1. The average Bonchev–Trinajstić information content (AvgIpc) is 3.31. The largest absolute Gasteiger partial charge is 0.484 e. The minimum atomic E-state index is -0.125. The quantitative estimate of drug-likeness (QED) is 0.668. The Morgan fingerprint density at radius 2 is 2.30 bits per heavy atom. The van der Waals surface area contributed by atoms with Gasteiger partial charge in [0, 0.05) is 12.6 Å². The van der Waals surface area contributed by atoms with E-state index in [0.29, 0.717) is 37.1 Å². The third kappa shape index (κ3) is 3.81. The molecule has 1 aliphatic heterocycles. The van der Waals surface area contributed by atoms with E-state index < -0.39 is 0 Å². The highest BCUT2D eigenvalue weighted by Gasteiger charge is 2.28. The molecule has 1 saturated heterocycles. The van der Waals surface area contributed by atoms with Crippen molar-refractivity contribution in [2.75, 3.05) is 19.8 Å². The summed E-state index contributed by atoms with van der Waals surface area (Å²) in [6.07, 6.45) is 2.24. The molecular formula is C19H21N3O4S. The molecule has 1 aromatic carbocycles. The fourth-order valence-corrected chi connectivity index (χ4v) is 3.95. The molecule has 0 N–H and O–H groups in total. The molecule has 3 heterocycles. The minimum absolute atomic E-state index is 0.0796. The molecular weight excluding hydrogens is 366 g/mol. The van der Waals surface area contributed by atoms with E-state index in [1.54, 1.807) is 11.3 Å². The molecule has 1 amide bonds. The Morgan fingerprint density at radius 1 is 1.41 bits per heavy atom. The maximum Gasteiger partial charge on any atom is 0.276 e. The van der Waals surface area contributed by atoms with Gasteiger partial charge in [-0.15, -0.1) is 11.3 Å². The van der Waals surface area contributed by atoms with Gasteiger partial charge >= 0.3 is 0 Å². The van der Waals surface area contributed by atoms with E-state index in [9.17, 15) is 4.79 Å². The fraction of sp³-hybridized carbons (Fsp3) is 0.421. The summed E-state index contributed by atoms with van der Waals surface area (Å²) in [5, 5.41) is 1.02. The van der Waals surface area contributed by atoms with Gasteiger partial charge in [-0.2, -0.15) is 0 Å². The molecule has 4 rings (SSSR count). The van der Waals surface area contributed by atoms with Crippen LogP contribution in [0.2, 0.25) is 0 Å². The summed E-state index contributed by atoms with van der Waals surface area (Å²) in [4.78, 5) is 23.3. The van der Waals surface area contributed by atoms with Crippen LogP contribution in [0.3, 0.4) is 0 Å². The van der Waals surface area contributed by atoms with Gasteiger partial charge in [0.2, 0.25) is 5.89 Å². The van der Waals surface area contributed by atoms with E-state index in [4.69, 9.17) is 13.9 Å². The van der Waals surface area contributed by atoms with Crippen LogP contribution in [0.4, 0.5) is 0 Å². The van der Waals surface area contributed by atoms with Crippen LogP contribution in [0, 0.1) is 6.92 Å². The number of carbonyl (C=O) groups excluding carboxylic acids is 1. The van der Waals surface area contributed by atoms with Crippen LogP contribution >= 0.6 is 11.3 Å². The van der Waals surface area contributed by atoms with Crippen molar-refractivity contribution in [1.29, 1.82) is 0 Å². The summed E-state index contributed by atoms with van der Waals surface area (Å²) < 4.78 is 17.8. The van der Waals surface area contributed by atoms with E-state index in [0.717, 1.165) is 21.6 Å². The summed E-state index contributed by atoms with van der Waals surface area (Å²) in [7, 11) is 0. The number of thiazole rings is 1. The van der Waals surface area contributed by atoms with Crippen molar-refractivity contribution in [3.05, 3.63) is 41.1 Å². The van der Waals surface area contributed by atoms with Crippen LogP contribution in [0.15, 0.2) is 28.9 Å². The first-order chi connectivity index (χ1) is 13.1. The third-order valence-electron chi connectivity index (χ3n) is 4.56. The van der Waals surface area contributed by atoms with Gasteiger partial charge in [0.1, 0.15) is 12.0 Å². The predicted molar refractivity (Wildman–Crippen MR) is 101 cm³/mol. The molecule has 0 unspecified atom stereocenters. The van der Waals surface area contributed by atoms with Gasteiger partial charge in [0.15, 0.2) is 12.3 Å². The maximum atomic E-state index is 12.7. The minimum Gasteiger partial charge on any atom is -0.484 e. The van der Waals surface area contributed by atoms with E-state index in [2.05, 4.69) is 9.97 Å². The lowest BCUT2D eigenvalue weighted by Gasteiger charge is -2.34. The molecule has 2 aromatic heterocycles. The van der Waals surface area contributed by atoms with E-state index in [-0.39, 0.29) is 18.6 Å². The van der Waals surface area contributed by atoms with Gasteiger partial charge in [0.05, 0.1) is 34.5 Å². The van der Waals surface area contributed by atoms with Gasteiger partial charge in [0.25, 0.3) is 5.91 Å². The average molecular weight is 387 g/mol. The SMILES string of the molecule is CC[C@H]1COCCN1C(=O)c1coc(COc2ccc3sc(C)nc3c2)n1. The number of fused-ring (bicyclic) bond motifs is 1. The predicted octanol–water partition coefficient (Wildman–Crippen LogP) is 3.42. The van der Waals surface area contributed by atoms with Gasteiger partial charge in [-0.05, 0) is 25.5 Å². The standard InChI is InChI=1S/C19H21N3O4S/c1-3-13-9-24-7-6-22(13)19(23)16-10-26-18(21-16)11-25-14-4-5-17-15(8-14)20-12(2)27-17/h4-5,8,10,13H,3,6-7,9,11H2,1-2H3/t13-/m0/s1. The van der Waals surface area contributed by atoms with Crippen molar-refractivity contribution >= 4 is 27.5 Å². The topological polar surface area (TPSA) is 77.7 Å². The Morgan fingerprint density at radius 3 is 3.15 bits per heavy atom. The molecule has 3 aromatic rings. The summed E-state index contributed by atoms with van der Waals surface area (Å²) in [5.74, 6) is 0.937. The number of aromatic nitrogens is 2. The molecule has 0 bridgehead atoms. The van der Waals surface area contributed by atoms with Crippen molar-refractivity contribution in [1.82, 2.24) is 14.9 Å². The second kappa shape index (κ2) is 7.66. The first kappa shape index (κ1) is 17.9. The first-order valence-corrected chi connectivity index (χ1v) is 9.79. The van der Waals surface area contributed by atoms with Crippen LogP contribution in [-0.2, 0) is 11.3 Å². The summed E-state index contributed by atoms with van der Waals surface area (Å²) >= 11 is 1.65. The fourth-order valence-electron chi connectivity index (χ4n) is 3.14. The monoisotopic (exact) mass is 387 g/mol. The number of morpholine rings is 1. The molecule has 8 heteroatoms.